The molecule has 0 radical (unpaired) electrons. The smallest absolute Gasteiger partial charge is 0.0783 e. The summed E-state index contributed by atoms with van der Waals surface area (Å²) in [6.45, 7) is 0.793. The Morgan fingerprint density at radius 3 is 3.00 bits per heavy atom. The normalized spacial score (nSPS) is 30.7. The molecule has 6 heteroatoms. The summed E-state index contributed by atoms with van der Waals surface area (Å²) in [4.78, 5) is 0. The molecule has 2 saturated heterocycles. The van der Waals surface area contributed by atoms with Crippen LogP contribution in [0.1, 0.15) is 30.9 Å². The highest BCUT2D eigenvalue weighted by atomic mass is 35.5. The first-order valence-electron chi connectivity index (χ1n) is 7.26. The highest BCUT2D eigenvalue weighted by Gasteiger charge is 2.42. The minimum absolute atomic E-state index is 0.0163. The van der Waals surface area contributed by atoms with Crippen molar-refractivity contribution in [2.75, 3.05) is 18.1 Å². The summed E-state index contributed by atoms with van der Waals surface area (Å²) in [6, 6.07) is 5.58. The second-order valence-corrected chi connectivity index (χ2v) is 7.85. The summed E-state index contributed by atoms with van der Waals surface area (Å²) in [5, 5.41) is 1.40. The van der Waals surface area contributed by atoms with Crippen molar-refractivity contribution in [3.05, 3.63) is 33.8 Å². The number of hydrogen-bond acceptors (Lipinski definition) is 4. The van der Waals surface area contributed by atoms with Crippen molar-refractivity contribution in [3.8, 4) is 0 Å². The highest BCUT2D eigenvalue weighted by Crippen LogP contribution is 2.44. The van der Waals surface area contributed by atoms with Crippen LogP contribution in [-0.2, 0) is 4.74 Å². The topological polar surface area (TPSA) is 47.3 Å². The van der Waals surface area contributed by atoms with Crippen molar-refractivity contribution in [1.29, 1.82) is 0 Å². The van der Waals surface area contributed by atoms with E-state index in [4.69, 9.17) is 33.8 Å². The lowest BCUT2D eigenvalue weighted by Crippen LogP contribution is -2.45. The number of nitrogens with two attached hydrogens (primary N) is 1. The SMILES string of the molecule is NNC(c1cc(Cl)ccc1Cl)C1CCOC2(CCSC2)C1. The molecule has 0 bridgehead atoms. The number of ether oxygens (including phenoxy) is 1. The van der Waals surface area contributed by atoms with Gasteiger partial charge in [0.2, 0.25) is 0 Å². The second kappa shape index (κ2) is 6.65. The van der Waals surface area contributed by atoms with E-state index in [1.807, 2.05) is 23.9 Å². The van der Waals surface area contributed by atoms with E-state index in [0.717, 1.165) is 37.2 Å². The van der Waals surface area contributed by atoms with Crippen LogP contribution in [0.2, 0.25) is 10.0 Å². The van der Waals surface area contributed by atoms with Gasteiger partial charge in [0, 0.05) is 22.4 Å². The van der Waals surface area contributed by atoms with Crippen LogP contribution < -0.4 is 11.3 Å². The van der Waals surface area contributed by atoms with E-state index in [-0.39, 0.29) is 11.6 Å². The Morgan fingerprint density at radius 1 is 1.43 bits per heavy atom. The molecule has 3 nitrogen and oxygen atoms in total. The predicted molar refractivity (Wildman–Crippen MR) is 89.9 cm³/mol. The molecule has 3 unspecified atom stereocenters. The van der Waals surface area contributed by atoms with Gasteiger partial charge in [-0.15, -0.1) is 0 Å². The highest BCUT2D eigenvalue weighted by molar-refractivity contribution is 7.99. The fourth-order valence-electron chi connectivity index (χ4n) is 3.45. The molecule has 116 valence electrons. The van der Waals surface area contributed by atoms with Gasteiger partial charge in [-0.2, -0.15) is 11.8 Å². The van der Waals surface area contributed by atoms with Crippen LogP contribution in [0.5, 0.6) is 0 Å². The van der Waals surface area contributed by atoms with Gasteiger partial charge in [-0.25, -0.2) is 0 Å². The molecule has 3 rings (SSSR count). The van der Waals surface area contributed by atoms with Crippen LogP contribution in [0.3, 0.4) is 0 Å². The van der Waals surface area contributed by atoms with E-state index in [1.54, 1.807) is 6.07 Å². The van der Waals surface area contributed by atoms with E-state index in [2.05, 4.69) is 5.43 Å². The third-order valence-corrected chi connectivity index (χ3v) is 6.34. The Kier molecular flexibility index (Phi) is 5.04. The summed E-state index contributed by atoms with van der Waals surface area (Å²) < 4.78 is 6.09. The molecule has 3 N–H and O–H groups in total. The zero-order valence-electron chi connectivity index (χ0n) is 11.8. The molecule has 0 amide bonds. The van der Waals surface area contributed by atoms with Gasteiger partial charge in [0.25, 0.3) is 0 Å². The molecular formula is C15H20Cl2N2OS. The van der Waals surface area contributed by atoms with Crippen LogP contribution in [-0.4, -0.2) is 23.7 Å². The number of nitrogens with one attached hydrogen (secondary N) is 1. The molecule has 2 aliphatic heterocycles. The van der Waals surface area contributed by atoms with Crippen molar-refractivity contribution in [3.63, 3.8) is 0 Å². The molecule has 2 fully saturated rings. The molecule has 2 heterocycles. The molecule has 1 spiro atoms. The van der Waals surface area contributed by atoms with Crippen molar-refractivity contribution >= 4 is 35.0 Å². The Balaban J connectivity index is 1.84. The number of thioether (sulfide) groups is 1. The van der Waals surface area contributed by atoms with Gasteiger partial charge in [0.1, 0.15) is 0 Å². The summed E-state index contributed by atoms with van der Waals surface area (Å²) in [7, 11) is 0. The monoisotopic (exact) mass is 346 g/mol. The zero-order chi connectivity index (χ0) is 14.9. The molecule has 0 saturated carbocycles. The zero-order valence-corrected chi connectivity index (χ0v) is 14.1. The van der Waals surface area contributed by atoms with Crippen molar-refractivity contribution < 1.29 is 4.74 Å². The largest absolute Gasteiger partial charge is 0.374 e. The van der Waals surface area contributed by atoms with Crippen molar-refractivity contribution in [2.24, 2.45) is 11.8 Å². The lowest BCUT2D eigenvalue weighted by molar-refractivity contribution is -0.0854. The van der Waals surface area contributed by atoms with Crippen molar-refractivity contribution in [1.82, 2.24) is 5.43 Å². The Hall–Kier alpha value is 0.0300. The quantitative estimate of drug-likeness (QED) is 0.645. The average Bonchev–Trinajstić information content (AvgIpc) is 2.91. The summed E-state index contributed by atoms with van der Waals surface area (Å²) in [5.41, 5.74) is 3.98. The fraction of sp³-hybridized carbons (Fsp3) is 0.600. The maximum Gasteiger partial charge on any atom is 0.0783 e. The van der Waals surface area contributed by atoms with Gasteiger partial charge in [-0.05, 0) is 54.7 Å². The van der Waals surface area contributed by atoms with Crippen LogP contribution in [0.15, 0.2) is 18.2 Å². The number of hydrogen-bond donors (Lipinski definition) is 2. The minimum Gasteiger partial charge on any atom is -0.374 e. The third kappa shape index (κ3) is 3.36. The minimum atomic E-state index is 0.0163. The second-order valence-electron chi connectivity index (χ2n) is 5.90. The Bertz CT molecular complexity index is 508. The Morgan fingerprint density at radius 2 is 2.29 bits per heavy atom. The molecule has 1 aromatic carbocycles. The van der Waals surface area contributed by atoms with E-state index < -0.39 is 0 Å². The summed E-state index contributed by atoms with van der Waals surface area (Å²) >= 11 is 14.5. The fourth-order valence-corrected chi connectivity index (χ4v) is 5.24. The predicted octanol–water partition coefficient (Wildman–Crippen LogP) is 3.80. The van der Waals surface area contributed by atoms with Gasteiger partial charge in [-0.1, -0.05) is 23.2 Å². The maximum absolute atomic E-state index is 6.35. The first kappa shape index (κ1) is 15.9. The van der Waals surface area contributed by atoms with E-state index in [1.165, 1.54) is 5.75 Å². The van der Waals surface area contributed by atoms with Crippen molar-refractivity contribution in [2.45, 2.75) is 30.9 Å². The van der Waals surface area contributed by atoms with Gasteiger partial charge in [0.05, 0.1) is 11.6 Å². The summed E-state index contributed by atoms with van der Waals surface area (Å²) in [6.07, 6.45) is 3.15. The van der Waals surface area contributed by atoms with Gasteiger partial charge in [-0.3, -0.25) is 11.3 Å². The Labute approximate surface area is 139 Å². The summed E-state index contributed by atoms with van der Waals surface area (Å²) in [5.74, 6) is 8.53. The number of hydrazine groups is 1. The third-order valence-electron chi connectivity index (χ3n) is 4.54. The number of halogens is 2. The van der Waals surface area contributed by atoms with Gasteiger partial charge < -0.3 is 4.74 Å². The van der Waals surface area contributed by atoms with E-state index >= 15 is 0 Å². The molecular weight excluding hydrogens is 327 g/mol. The molecule has 2 aliphatic rings. The molecule has 1 aromatic rings. The van der Waals surface area contributed by atoms with Crippen LogP contribution in [0.25, 0.3) is 0 Å². The average molecular weight is 347 g/mol. The van der Waals surface area contributed by atoms with Crippen LogP contribution in [0.4, 0.5) is 0 Å². The lowest BCUT2D eigenvalue weighted by atomic mass is 9.79. The molecule has 0 aliphatic carbocycles. The standard InChI is InChI=1S/C15H20Cl2N2OS/c16-11-1-2-13(17)12(7-11)14(19-18)10-3-5-20-15(8-10)4-6-21-9-15/h1-2,7,10,14,19H,3-6,8-9,18H2. The molecule has 21 heavy (non-hydrogen) atoms. The number of benzene rings is 1. The number of rotatable bonds is 3. The van der Waals surface area contributed by atoms with Gasteiger partial charge >= 0.3 is 0 Å². The van der Waals surface area contributed by atoms with Crippen LogP contribution >= 0.6 is 35.0 Å². The van der Waals surface area contributed by atoms with E-state index in [0.29, 0.717) is 16.0 Å². The maximum atomic E-state index is 6.35. The van der Waals surface area contributed by atoms with E-state index in [9.17, 15) is 0 Å². The first-order chi connectivity index (χ1) is 10.1. The lowest BCUT2D eigenvalue weighted by Gasteiger charge is -2.41. The molecule has 0 aromatic heterocycles. The van der Waals surface area contributed by atoms with Gasteiger partial charge in [0.15, 0.2) is 0 Å². The first-order valence-corrected chi connectivity index (χ1v) is 9.17. The van der Waals surface area contributed by atoms with Crippen LogP contribution in [0, 0.1) is 5.92 Å². The molecule has 3 atom stereocenters.